The zero-order valence-corrected chi connectivity index (χ0v) is 23.4. The minimum atomic E-state index is -1.34. The first kappa shape index (κ1) is 27.8. The standard InChI is InChI=1S/C33H36N4O5/c38-30-28-19-24(42-29-17-18-34-26-15-10-9-14-25(26)29)21-37(28)31(39)27(35-23-12-6-4-7-13-23)16-8-3-1-2-5-11-22-20-33(22,36-30)32(40)41/h4-7,9-15,17-18,22,24,27-28,35H,1-3,8,16,19-21H2,(H,36,38)(H,40,41)/b11-5-/t22-,24-,27+,28+,33-/m1/s1. The third kappa shape index (κ3) is 5.68. The van der Waals surface area contributed by atoms with Gasteiger partial charge in [0.25, 0.3) is 0 Å². The summed E-state index contributed by atoms with van der Waals surface area (Å²) >= 11 is 0. The van der Waals surface area contributed by atoms with Crippen molar-refractivity contribution in [1.29, 1.82) is 0 Å². The SMILES string of the molecule is O=C1N[C@]2(C(=O)O)C[C@H]2/C=C\CCCCC[C@H](Nc2ccccc2)C(=O)N2C[C@H](Oc3ccnc4ccccc34)C[C@@H]12. The summed E-state index contributed by atoms with van der Waals surface area (Å²) in [4.78, 5) is 46.4. The van der Waals surface area contributed by atoms with Crippen LogP contribution in [0.25, 0.3) is 10.9 Å². The molecule has 1 saturated carbocycles. The number of hydrogen-bond donors (Lipinski definition) is 3. The van der Waals surface area contributed by atoms with Crippen LogP contribution in [0.5, 0.6) is 5.75 Å². The molecule has 3 aliphatic rings. The second kappa shape index (κ2) is 11.8. The van der Waals surface area contributed by atoms with E-state index >= 15 is 0 Å². The first-order valence-corrected chi connectivity index (χ1v) is 14.8. The Hall–Kier alpha value is -4.40. The molecule has 5 atom stereocenters. The van der Waals surface area contributed by atoms with Gasteiger partial charge in [0.2, 0.25) is 11.8 Å². The molecule has 1 saturated heterocycles. The second-order valence-electron chi connectivity index (χ2n) is 11.5. The number of para-hydroxylation sites is 2. The molecule has 0 bridgehead atoms. The molecule has 2 aromatic carbocycles. The number of amides is 2. The van der Waals surface area contributed by atoms with Gasteiger partial charge >= 0.3 is 5.97 Å². The Kier molecular flexibility index (Phi) is 7.82. The van der Waals surface area contributed by atoms with Gasteiger partial charge in [0.1, 0.15) is 29.5 Å². The lowest BCUT2D eigenvalue weighted by molar-refractivity contribution is -0.145. The van der Waals surface area contributed by atoms with Crippen LogP contribution in [0.15, 0.2) is 79.0 Å². The third-order valence-electron chi connectivity index (χ3n) is 8.64. The van der Waals surface area contributed by atoms with E-state index in [9.17, 15) is 19.5 Å². The number of carbonyl (C=O) groups is 3. The molecule has 1 aromatic heterocycles. The maximum atomic E-state index is 14.2. The lowest BCUT2D eigenvalue weighted by Gasteiger charge is -2.30. The number of benzene rings is 2. The minimum absolute atomic E-state index is 0.186. The first-order valence-electron chi connectivity index (χ1n) is 14.8. The topological polar surface area (TPSA) is 121 Å². The lowest BCUT2D eigenvalue weighted by Crippen LogP contribution is -2.55. The van der Waals surface area contributed by atoms with E-state index in [1.54, 1.807) is 17.2 Å². The molecule has 9 nitrogen and oxygen atoms in total. The van der Waals surface area contributed by atoms with Crippen LogP contribution in [0.3, 0.4) is 0 Å². The van der Waals surface area contributed by atoms with Gasteiger partial charge < -0.3 is 25.4 Å². The van der Waals surface area contributed by atoms with E-state index < -0.39 is 35.6 Å². The Labute approximate surface area is 245 Å². The molecule has 9 heteroatoms. The quantitative estimate of drug-likeness (QED) is 0.387. The fourth-order valence-electron chi connectivity index (χ4n) is 6.23. The van der Waals surface area contributed by atoms with Crippen molar-refractivity contribution in [1.82, 2.24) is 15.2 Å². The number of nitrogens with one attached hydrogen (secondary N) is 2. The van der Waals surface area contributed by atoms with Crippen molar-refractivity contribution in [2.45, 2.75) is 68.7 Å². The number of anilines is 1. The molecule has 218 valence electrons. The average Bonchev–Trinajstić information content (AvgIpc) is 3.53. The monoisotopic (exact) mass is 568 g/mol. The van der Waals surface area contributed by atoms with Gasteiger partial charge in [0.05, 0.1) is 12.1 Å². The van der Waals surface area contributed by atoms with Crippen molar-refractivity contribution in [2.75, 3.05) is 11.9 Å². The largest absolute Gasteiger partial charge is 0.488 e. The number of carboxylic acids is 1. The number of fused-ring (bicyclic) bond motifs is 3. The van der Waals surface area contributed by atoms with Gasteiger partial charge in [-0.1, -0.05) is 55.3 Å². The van der Waals surface area contributed by atoms with Crippen LogP contribution >= 0.6 is 0 Å². The Bertz CT molecular complexity index is 1490. The predicted octanol–water partition coefficient (Wildman–Crippen LogP) is 4.54. The van der Waals surface area contributed by atoms with Crippen LogP contribution in [0.1, 0.15) is 44.9 Å². The highest BCUT2D eigenvalue weighted by molar-refractivity contribution is 5.96. The van der Waals surface area contributed by atoms with E-state index in [0.717, 1.165) is 42.3 Å². The van der Waals surface area contributed by atoms with Crippen molar-refractivity contribution in [2.24, 2.45) is 5.92 Å². The first-order chi connectivity index (χ1) is 20.4. The maximum Gasteiger partial charge on any atom is 0.330 e. The fraction of sp³-hybridized carbons (Fsp3) is 0.394. The molecule has 3 heterocycles. The number of rotatable bonds is 5. The number of ether oxygens (including phenoxy) is 1. The summed E-state index contributed by atoms with van der Waals surface area (Å²) in [6, 6.07) is 17.7. The van der Waals surface area contributed by atoms with Crippen LogP contribution in [0.2, 0.25) is 0 Å². The molecule has 3 aromatic rings. The third-order valence-corrected chi connectivity index (χ3v) is 8.64. The highest BCUT2D eigenvalue weighted by Crippen LogP contribution is 2.45. The second-order valence-corrected chi connectivity index (χ2v) is 11.5. The molecule has 6 rings (SSSR count). The van der Waals surface area contributed by atoms with E-state index in [2.05, 4.69) is 15.6 Å². The van der Waals surface area contributed by atoms with E-state index in [1.165, 1.54) is 0 Å². The number of carboxylic acid groups (broad SMARTS) is 1. The highest BCUT2D eigenvalue weighted by atomic mass is 16.5. The Morgan fingerprint density at radius 2 is 1.86 bits per heavy atom. The Morgan fingerprint density at radius 3 is 2.69 bits per heavy atom. The van der Waals surface area contributed by atoms with Gasteiger partial charge in [-0.3, -0.25) is 14.6 Å². The molecule has 1 aliphatic carbocycles. The van der Waals surface area contributed by atoms with Crippen molar-refractivity contribution in [3.8, 4) is 5.75 Å². The minimum Gasteiger partial charge on any atom is -0.488 e. The fourth-order valence-corrected chi connectivity index (χ4v) is 6.23. The van der Waals surface area contributed by atoms with Gasteiger partial charge in [-0.25, -0.2) is 4.79 Å². The van der Waals surface area contributed by atoms with Gasteiger partial charge in [-0.2, -0.15) is 0 Å². The molecule has 2 fully saturated rings. The molecule has 2 amide bonds. The molecule has 42 heavy (non-hydrogen) atoms. The van der Waals surface area contributed by atoms with Crippen molar-refractivity contribution < 1.29 is 24.2 Å². The number of aromatic nitrogens is 1. The number of allylic oxidation sites excluding steroid dienone is 1. The molecule has 2 aliphatic heterocycles. The molecule has 0 unspecified atom stereocenters. The molecule has 0 radical (unpaired) electrons. The van der Waals surface area contributed by atoms with Crippen LogP contribution in [0.4, 0.5) is 5.69 Å². The number of hydrogen-bond acceptors (Lipinski definition) is 6. The normalized spacial score (nSPS) is 28.9. The smallest absolute Gasteiger partial charge is 0.330 e. The zero-order chi connectivity index (χ0) is 29.1. The summed E-state index contributed by atoms with van der Waals surface area (Å²) in [7, 11) is 0. The lowest BCUT2D eigenvalue weighted by atomic mass is 10.0. The highest BCUT2D eigenvalue weighted by Gasteiger charge is 2.61. The van der Waals surface area contributed by atoms with Crippen molar-refractivity contribution in [3.63, 3.8) is 0 Å². The molecule has 0 spiro atoms. The average molecular weight is 569 g/mol. The Morgan fingerprint density at radius 1 is 1.05 bits per heavy atom. The molecular formula is C33H36N4O5. The van der Waals surface area contributed by atoms with Crippen LogP contribution in [0, 0.1) is 5.92 Å². The number of pyridine rings is 1. The number of carbonyl (C=O) groups excluding carboxylic acids is 2. The van der Waals surface area contributed by atoms with Gasteiger partial charge in [0, 0.05) is 29.6 Å². The summed E-state index contributed by atoms with van der Waals surface area (Å²) in [5.74, 6) is -1.33. The number of aliphatic carboxylic acids is 1. The summed E-state index contributed by atoms with van der Waals surface area (Å²) < 4.78 is 6.43. The predicted molar refractivity (Wildman–Crippen MR) is 159 cm³/mol. The molecule has 3 N–H and O–H groups in total. The summed E-state index contributed by atoms with van der Waals surface area (Å²) in [5.41, 5.74) is 0.281. The Balaban J connectivity index is 1.30. The zero-order valence-electron chi connectivity index (χ0n) is 23.4. The summed E-state index contributed by atoms with van der Waals surface area (Å²) in [5, 5.41) is 17.2. The van der Waals surface area contributed by atoms with Crippen LogP contribution in [-0.4, -0.2) is 63.0 Å². The van der Waals surface area contributed by atoms with Crippen molar-refractivity contribution >= 4 is 34.4 Å². The maximum absolute atomic E-state index is 14.2. The summed E-state index contributed by atoms with van der Waals surface area (Å²) in [6.07, 6.45) is 9.96. The number of nitrogens with zero attached hydrogens (tertiary/aromatic N) is 2. The van der Waals surface area contributed by atoms with E-state index in [1.807, 2.05) is 66.7 Å². The van der Waals surface area contributed by atoms with Crippen molar-refractivity contribution in [3.05, 3.63) is 79.0 Å². The summed E-state index contributed by atoms with van der Waals surface area (Å²) in [6.45, 7) is 0.212. The van der Waals surface area contributed by atoms with Crippen LogP contribution < -0.4 is 15.4 Å². The van der Waals surface area contributed by atoms with Gasteiger partial charge in [0.15, 0.2) is 0 Å². The van der Waals surface area contributed by atoms with E-state index in [-0.39, 0.29) is 24.8 Å². The van der Waals surface area contributed by atoms with E-state index in [0.29, 0.717) is 18.6 Å². The van der Waals surface area contributed by atoms with Gasteiger partial charge in [-0.05, 0) is 56.0 Å². The van der Waals surface area contributed by atoms with Crippen LogP contribution in [-0.2, 0) is 14.4 Å². The van der Waals surface area contributed by atoms with E-state index in [4.69, 9.17) is 4.74 Å². The molecular weight excluding hydrogens is 532 g/mol. The van der Waals surface area contributed by atoms with Gasteiger partial charge in [-0.15, -0.1) is 0 Å².